The maximum Gasteiger partial charge on any atom is 0.264 e. The minimum atomic E-state index is -0.330. The highest BCUT2D eigenvalue weighted by Gasteiger charge is 2.30. The van der Waals surface area contributed by atoms with Crippen LogP contribution in [0.2, 0.25) is 0 Å². The van der Waals surface area contributed by atoms with Crippen molar-refractivity contribution in [3.05, 3.63) is 75.6 Å². The molecule has 144 valence electrons. The molecule has 9 heteroatoms. The molecule has 1 fully saturated rings. The zero-order valence-corrected chi connectivity index (χ0v) is 15.2. The highest BCUT2D eigenvalue weighted by atomic mass is 19.1. The Bertz CT molecular complexity index is 1060. The zero-order valence-electron chi connectivity index (χ0n) is 15.2. The lowest BCUT2D eigenvalue weighted by molar-refractivity contribution is 0.0633. The lowest BCUT2D eigenvalue weighted by Gasteiger charge is -2.36. The van der Waals surface area contributed by atoms with Crippen LogP contribution in [-0.2, 0) is 0 Å². The van der Waals surface area contributed by atoms with E-state index in [1.54, 1.807) is 17.9 Å². The van der Waals surface area contributed by atoms with Crippen LogP contribution < -0.4 is 10.9 Å². The summed E-state index contributed by atoms with van der Waals surface area (Å²) in [5.41, 5.74) is 1.48. The van der Waals surface area contributed by atoms with Gasteiger partial charge in [0.15, 0.2) is 5.82 Å². The number of aromatic nitrogens is 4. The quantitative estimate of drug-likeness (QED) is 0.709. The van der Waals surface area contributed by atoms with Gasteiger partial charge in [-0.3, -0.25) is 9.59 Å². The molecule has 1 atom stereocenters. The Labute approximate surface area is 160 Å². The van der Waals surface area contributed by atoms with Gasteiger partial charge >= 0.3 is 0 Å². The van der Waals surface area contributed by atoms with Gasteiger partial charge in [-0.1, -0.05) is 12.1 Å². The maximum atomic E-state index is 13.7. The fraction of sp³-hybridized carbons (Fsp3) is 0.263. The second kappa shape index (κ2) is 7.35. The van der Waals surface area contributed by atoms with Crippen molar-refractivity contribution in [2.24, 2.45) is 0 Å². The second-order valence-electron chi connectivity index (χ2n) is 6.61. The van der Waals surface area contributed by atoms with Gasteiger partial charge in [0.25, 0.3) is 11.5 Å². The Morgan fingerprint density at radius 3 is 2.89 bits per heavy atom. The van der Waals surface area contributed by atoms with Crippen molar-refractivity contribution in [1.29, 1.82) is 0 Å². The van der Waals surface area contributed by atoms with Crippen LogP contribution in [0.15, 0.2) is 47.4 Å². The monoisotopic (exact) mass is 382 g/mol. The smallest absolute Gasteiger partial charge is 0.264 e. The molecule has 2 N–H and O–H groups in total. The highest BCUT2D eigenvalue weighted by Crippen LogP contribution is 2.26. The summed E-state index contributed by atoms with van der Waals surface area (Å²) in [6, 6.07) is 8.92. The zero-order chi connectivity index (χ0) is 19.7. The van der Waals surface area contributed by atoms with Crippen LogP contribution in [0.25, 0.3) is 5.82 Å². The number of carbonyl (C=O) groups is 1. The Kier molecular flexibility index (Phi) is 4.74. The molecule has 8 nitrogen and oxygen atoms in total. The van der Waals surface area contributed by atoms with E-state index in [4.69, 9.17) is 0 Å². The van der Waals surface area contributed by atoms with Gasteiger partial charge in [-0.05, 0) is 30.7 Å². The molecule has 3 aromatic rings. The van der Waals surface area contributed by atoms with E-state index in [9.17, 15) is 14.0 Å². The Balaban J connectivity index is 1.66. The van der Waals surface area contributed by atoms with E-state index in [-0.39, 0.29) is 23.3 Å². The molecule has 0 spiro atoms. The van der Waals surface area contributed by atoms with E-state index in [1.807, 2.05) is 6.07 Å². The van der Waals surface area contributed by atoms with E-state index < -0.39 is 0 Å². The number of hydrogen-bond donors (Lipinski definition) is 2. The van der Waals surface area contributed by atoms with Crippen molar-refractivity contribution in [2.45, 2.75) is 13.0 Å². The number of amides is 1. The molecule has 1 aliphatic heterocycles. The van der Waals surface area contributed by atoms with Crippen LogP contribution in [0, 0.1) is 12.7 Å². The first-order chi connectivity index (χ1) is 13.5. The SMILES string of the molecule is Cc1c(C(=O)N2CCNCC2c2cccc(F)c2)cnn1-c1ccc(=O)[nH]n1. The van der Waals surface area contributed by atoms with E-state index in [1.165, 1.54) is 35.1 Å². The summed E-state index contributed by atoms with van der Waals surface area (Å²) in [5, 5.41) is 13.8. The van der Waals surface area contributed by atoms with Crippen molar-refractivity contribution >= 4 is 5.91 Å². The van der Waals surface area contributed by atoms with Crippen molar-refractivity contribution in [3.63, 3.8) is 0 Å². The normalized spacial score (nSPS) is 16.9. The lowest BCUT2D eigenvalue weighted by Crippen LogP contribution is -2.48. The highest BCUT2D eigenvalue weighted by molar-refractivity contribution is 5.95. The number of nitrogens with one attached hydrogen (secondary N) is 2. The fourth-order valence-electron chi connectivity index (χ4n) is 3.42. The molecule has 1 amide bonds. The summed E-state index contributed by atoms with van der Waals surface area (Å²) in [6.07, 6.45) is 1.50. The van der Waals surface area contributed by atoms with E-state index in [0.717, 1.165) is 5.56 Å². The maximum absolute atomic E-state index is 13.7. The molecule has 0 saturated carbocycles. The number of benzene rings is 1. The van der Waals surface area contributed by atoms with Crippen molar-refractivity contribution in [2.75, 3.05) is 19.6 Å². The minimum absolute atomic E-state index is 0.177. The molecule has 0 bridgehead atoms. The molecule has 1 unspecified atom stereocenters. The predicted molar refractivity (Wildman–Crippen MR) is 99.8 cm³/mol. The molecule has 1 saturated heterocycles. The number of rotatable bonds is 3. The van der Waals surface area contributed by atoms with Crippen LogP contribution in [0.4, 0.5) is 4.39 Å². The summed E-state index contributed by atoms with van der Waals surface area (Å²) < 4.78 is 15.2. The first-order valence-corrected chi connectivity index (χ1v) is 8.92. The predicted octanol–water partition coefficient (Wildman–Crippen LogP) is 1.19. The Morgan fingerprint density at radius 1 is 1.29 bits per heavy atom. The summed E-state index contributed by atoms with van der Waals surface area (Å²) in [6.45, 7) is 3.48. The van der Waals surface area contributed by atoms with Crippen molar-refractivity contribution in [1.82, 2.24) is 30.2 Å². The first kappa shape index (κ1) is 18.1. The summed E-state index contributed by atoms with van der Waals surface area (Å²) >= 11 is 0. The number of carbonyl (C=O) groups excluding carboxylic acids is 1. The van der Waals surface area contributed by atoms with Crippen LogP contribution >= 0.6 is 0 Å². The van der Waals surface area contributed by atoms with E-state index >= 15 is 0 Å². The van der Waals surface area contributed by atoms with Gasteiger partial charge in [0.1, 0.15) is 5.82 Å². The molecular weight excluding hydrogens is 363 g/mol. The standard InChI is InChI=1S/C19H19FN6O2/c1-12-15(10-22-26(12)17-5-6-18(27)24-23-17)19(28)25-8-7-21-11-16(25)13-3-2-4-14(20)9-13/h2-6,9-10,16,21H,7-8,11H2,1H3,(H,24,27). The molecule has 0 radical (unpaired) electrons. The van der Waals surface area contributed by atoms with Crippen molar-refractivity contribution < 1.29 is 9.18 Å². The molecular formula is C19H19FN6O2. The van der Waals surface area contributed by atoms with Crippen LogP contribution in [-0.4, -0.2) is 50.4 Å². The van der Waals surface area contributed by atoms with Gasteiger partial charge in [-0.25, -0.2) is 14.2 Å². The summed E-state index contributed by atoms with van der Waals surface area (Å²) in [7, 11) is 0. The van der Waals surface area contributed by atoms with Crippen molar-refractivity contribution in [3.8, 4) is 5.82 Å². The molecule has 0 aliphatic carbocycles. The molecule has 2 aromatic heterocycles. The molecule has 3 heterocycles. The van der Waals surface area contributed by atoms with E-state index in [0.29, 0.717) is 36.7 Å². The van der Waals surface area contributed by atoms with Gasteiger partial charge in [0.05, 0.1) is 23.5 Å². The molecule has 1 aromatic carbocycles. The molecule has 1 aliphatic rings. The number of piperazine rings is 1. The lowest BCUT2D eigenvalue weighted by atomic mass is 10.0. The fourth-order valence-corrected chi connectivity index (χ4v) is 3.42. The van der Waals surface area contributed by atoms with Gasteiger partial charge in [-0.2, -0.15) is 10.2 Å². The third-order valence-electron chi connectivity index (χ3n) is 4.86. The second-order valence-corrected chi connectivity index (χ2v) is 6.61. The number of hydrogen-bond acceptors (Lipinski definition) is 5. The minimum Gasteiger partial charge on any atom is -0.329 e. The van der Waals surface area contributed by atoms with Gasteiger partial charge < -0.3 is 10.2 Å². The first-order valence-electron chi connectivity index (χ1n) is 8.92. The number of nitrogens with zero attached hydrogens (tertiary/aromatic N) is 4. The van der Waals surface area contributed by atoms with Crippen LogP contribution in [0.5, 0.6) is 0 Å². The molecule has 28 heavy (non-hydrogen) atoms. The van der Waals surface area contributed by atoms with Gasteiger partial charge in [0, 0.05) is 25.7 Å². The number of halogens is 1. The Hall–Kier alpha value is -3.33. The van der Waals surface area contributed by atoms with Gasteiger partial charge in [0.2, 0.25) is 0 Å². The third-order valence-corrected chi connectivity index (χ3v) is 4.86. The largest absolute Gasteiger partial charge is 0.329 e. The summed E-state index contributed by atoms with van der Waals surface area (Å²) in [5.74, 6) is -0.0919. The van der Waals surface area contributed by atoms with Crippen LogP contribution in [0.3, 0.4) is 0 Å². The topological polar surface area (TPSA) is 95.9 Å². The molecule has 4 rings (SSSR count). The third kappa shape index (κ3) is 3.31. The number of aromatic amines is 1. The van der Waals surface area contributed by atoms with Crippen LogP contribution in [0.1, 0.15) is 27.7 Å². The van der Waals surface area contributed by atoms with E-state index in [2.05, 4.69) is 20.6 Å². The Morgan fingerprint density at radius 2 is 2.14 bits per heavy atom. The average molecular weight is 382 g/mol. The average Bonchev–Trinajstić information content (AvgIpc) is 3.09. The summed E-state index contributed by atoms with van der Waals surface area (Å²) in [4.78, 5) is 26.2. The number of H-pyrrole nitrogens is 1. The van der Waals surface area contributed by atoms with Gasteiger partial charge in [-0.15, -0.1) is 0 Å².